The number of aromatic nitrogens is 4. The van der Waals surface area contributed by atoms with Crippen LogP contribution >= 0.6 is 0 Å². The Bertz CT molecular complexity index is 1210. The van der Waals surface area contributed by atoms with E-state index in [0.717, 1.165) is 11.3 Å². The summed E-state index contributed by atoms with van der Waals surface area (Å²) in [5.41, 5.74) is 2.64. The zero-order valence-electron chi connectivity index (χ0n) is 17.4. The molecule has 0 saturated carbocycles. The average molecular weight is 431 g/mol. The van der Waals surface area contributed by atoms with Crippen molar-refractivity contribution >= 4 is 5.91 Å². The molecule has 1 atom stereocenters. The molecule has 0 N–H and O–H groups in total. The van der Waals surface area contributed by atoms with Crippen LogP contribution in [-0.2, 0) is 4.74 Å². The highest BCUT2D eigenvalue weighted by molar-refractivity contribution is 6.00. The van der Waals surface area contributed by atoms with Gasteiger partial charge in [0.2, 0.25) is 12.2 Å². The van der Waals surface area contributed by atoms with E-state index in [1.54, 1.807) is 22.9 Å². The summed E-state index contributed by atoms with van der Waals surface area (Å²) in [6.07, 6.45) is 2.58. The first kappa shape index (κ1) is 20.0. The number of methoxy groups -OCH3 is 1. The summed E-state index contributed by atoms with van der Waals surface area (Å²) in [6, 6.07) is 17.2. The van der Waals surface area contributed by atoms with Gasteiger partial charge in [-0.15, -0.1) is 0 Å². The van der Waals surface area contributed by atoms with E-state index in [1.807, 2.05) is 54.6 Å². The Morgan fingerprint density at radius 2 is 1.94 bits per heavy atom. The second-order valence-corrected chi connectivity index (χ2v) is 7.27. The largest absolute Gasteiger partial charge is 0.496 e. The predicted octanol–water partition coefficient (Wildman–Crippen LogP) is 3.14. The fourth-order valence-corrected chi connectivity index (χ4v) is 3.76. The van der Waals surface area contributed by atoms with Crippen LogP contribution in [0.2, 0.25) is 0 Å². The first-order valence-electron chi connectivity index (χ1n) is 10.2. The SMILES string of the molecule is COc1ccccc1-c1nn(-c2ccccc2)cc1C(=O)N1CCOC(c2ncon2)C1. The molecule has 1 amide bonds. The number of hydrogen-bond acceptors (Lipinski definition) is 7. The number of carbonyl (C=O) groups excluding carboxylic acids is 1. The molecule has 1 unspecified atom stereocenters. The van der Waals surface area contributed by atoms with Gasteiger partial charge in [0.1, 0.15) is 17.5 Å². The molecule has 0 aliphatic carbocycles. The summed E-state index contributed by atoms with van der Waals surface area (Å²) in [4.78, 5) is 19.5. The molecule has 1 saturated heterocycles. The first-order valence-corrected chi connectivity index (χ1v) is 10.2. The van der Waals surface area contributed by atoms with Crippen LogP contribution < -0.4 is 4.74 Å². The fraction of sp³-hybridized carbons (Fsp3) is 0.217. The minimum atomic E-state index is -0.440. The van der Waals surface area contributed by atoms with Gasteiger partial charge in [-0.2, -0.15) is 10.1 Å². The van der Waals surface area contributed by atoms with E-state index in [2.05, 4.69) is 10.1 Å². The van der Waals surface area contributed by atoms with Gasteiger partial charge in [0, 0.05) is 18.3 Å². The van der Waals surface area contributed by atoms with E-state index < -0.39 is 6.10 Å². The van der Waals surface area contributed by atoms with Crippen molar-refractivity contribution in [3.63, 3.8) is 0 Å². The van der Waals surface area contributed by atoms with Gasteiger partial charge < -0.3 is 18.9 Å². The Morgan fingerprint density at radius 3 is 2.72 bits per heavy atom. The molecule has 9 heteroatoms. The molecular formula is C23H21N5O4. The van der Waals surface area contributed by atoms with E-state index in [-0.39, 0.29) is 5.91 Å². The highest BCUT2D eigenvalue weighted by Gasteiger charge is 2.31. The van der Waals surface area contributed by atoms with Gasteiger partial charge in [-0.1, -0.05) is 35.5 Å². The molecule has 0 radical (unpaired) electrons. The third-order valence-corrected chi connectivity index (χ3v) is 5.35. The first-order chi connectivity index (χ1) is 15.7. The lowest BCUT2D eigenvalue weighted by atomic mass is 10.1. The number of hydrogen-bond donors (Lipinski definition) is 0. The van der Waals surface area contributed by atoms with Crippen LogP contribution in [0.15, 0.2) is 71.7 Å². The van der Waals surface area contributed by atoms with Crippen LogP contribution in [0.4, 0.5) is 0 Å². The minimum absolute atomic E-state index is 0.148. The Hall–Kier alpha value is -3.98. The van der Waals surface area contributed by atoms with Crippen LogP contribution in [0.5, 0.6) is 5.75 Å². The second-order valence-electron chi connectivity index (χ2n) is 7.27. The van der Waals surface area contributed by atoms with Crippen LogP contribution in [0.25, 0.3) is 16.9 Å². The number of benzene rings is 2. The second kappa shape index (κ2) is 8.64. The lowest BCUT2D eigenvalue weighted by molar-refractivity contribution is -0.0276. The van der Waals surface area contributed by atoms with Gasteiger partial charge in [0.15, 0.2) is 0 Å². The third kappa shape index (κ3) is 3.74. The van der Waals surface area contributed by atoms with Crippen LogP contribution in [0, 0.1) is 0 Å². The maximum atomic E-state index is 13.7. The van der Waals surface area contributed by atoms with Gasteiger partial charge in [-0.25, -0.2) is 4.68 Å². The summed E-state index contributed by atoms with van der Waals surface area (Å²) < 4.78 is 17.8. The zero-order valence-corrected chi connectivity index (χ0v) is 17.4. The van der Waals surface area contributed by atoms with Crippen molar-refractivity contribution in [1.29, 1.82) is 0 Å². The summed E-state index contributed by atoms with van der Waals surface area (Å²) in [5.74, 6) is 0.920. The van der Waals surface area contributed by atoms with E-state index in [9.17, 15) is 4.79 Å². The van der Waals surface area contributed by atoms with Crippen molar-refractivity contribution in [2.24, 2.45) is 0 Å². The summed E-state index contributed by atoms with van der Waals surface area (Å²) in [6.45, 7) is 1.15. The highest BCUT2D eigenvalue weighted by Crippen LogP contribution is 2.33. The Labute approximate surface area is 184 Å². The number of morpholine rings is 1. The fourth-order valence-electron chi connectivity index (χ4n) is 3.76. The van der Waals surface area contributed by atoms with Crippen molar-refractivity contribution in [2.75, 3.05) is 26.8 Å². The number of ether oxygens (including phenoxy) is 2. The van der Waals surface area contributed by atoms with E-state index in [1.165, 1.54) is 6.39 Å². The van der Waals surface area contributed by atoms with Crippen LogP contribution in [0.1, 0.15) is 22.3 Å². The van der Waals surface area contributed by atoms with Crippen LogP contribution in [0.3, 0.4) is 0 Å². The number of amides is 1. The third-order valence-electron chi connectivity index (χ3n) is 5.35. The molecule has 1 aliphatic rings. The van der Waals surface area contributed by atoms with Gasteiger partial charge in [0.05, 0.1) is 31.5 Å². The number of para-hydroxylation sites is 2. The number of rotatable bonds is 5. The Morgan fingerprint density at radius 1 is 1.12 bits per heavy atom. The predicted molar refractivity (Wildman–Crippen MR) is 114 cm³/mol. The lowest BCUT2D eigenvalue weighted by Gasteiger charge is -2.31. The molecule has 0 spiro atoms. The minimum Gasteiger partial charge on any atom is -0.496 e. The molecule has 1 aliphatic heterocycles. The summed E-state index contributed by atoms with van der Waals surface area (Å²) in [5, 5.41) is 8.62. The van der Waals surface area contributed by atoms with Crippen LogP contribution in [-0.4, -0.2) is 57.5 Å². The van der Waals surface area contributed by atoms with Gasteiger partial charge in [-0.3, -0.25) is 4.79 Å². The van der Waals surface area contributed by atoms with E-state index >= 15 is 0 Å². The van der Waals surface area contributed by atoms with E-state index in [4.69, 9.17) is 19.1 Å². The topological polar surface area (TPSA) is 95.5 Å². The van der Waals surface area contributed by atoms with Crippen molar-refractivity contribution in [1.82, 2.24) is 24.8 Å². The number of carbonyl (C=O) groups is 1. The molecule has 0 bridgehead atoms. The monoisotopic (exact) mass is 431 g/mol. The number of nitrogens with zero attached hydrogens (tertiary/aromatic N) is 5. The molecule has 2 aromatic heterocycles. The normalized spacial score (nSPS) is 16.2. The van der Waals surface area contributed by atoms with Gasteiger partial charge >= 0.3 is 0 Å². The van der Waals surface area contributed by atoms with Crippen molar-refractivity contribution in [2.45, 2.75) is 6.10 Å². The molecule has 9 nitrogen and oxygen atoms in total. The Balaban J connectivity index is 1.54. The Kier molecular flexibility index (Phi) is 5.39. The lowest BCUT2D eigenvalue weighted by Crippen LogP contribution is -2.42. The molecule has 1 fully saturated rings. The molecule has 5 rings (SSSR count). The zero-order chi connectivity index (χ0) is 21.9. The molecule has 32 heavy (non-hydrogen) atoms. The van der Waals surface area contributed by atoms with Gasteiger partial charge in [0.25, 0.3) is 5.91 Å². The summed E-state index contributed by atoms with van der Waals surface area (Å²) in [7, 11) is 1.60. The molecular weight excluding hydrogens is 410 g/mol. The molecule has 2 aromatic carbocycles. The van der Waals surface area contributed by atoms with Crippen molar-refractivity contribution in [3.05, 3.63) is 78.6 Å². The van der Waals surface area contributed by atoms with Crippen molar-refractivity contribution < 1.29 is 18.8 Å². The van der Waals surface area contributed by atoms with Crippen molar-refractivity contribution in [3.8, 4) is 22.7 Å². The van der Waals surface area contributed by atoms with E-state index in [0.29, 0.717) is 42.5 Å². The molecule has 4 aromatic rings. The maximum absolute atomic E-state index is 13.7. The van der Waals surface area contributed by atoms with Gasteiger partial charge in [-0.05, 0) is 24.3 Å². The standard InChI is InChI=1S/C23H21N5O4/c1-30-19-10-6-5-9-17(19)21-18(13-28(25-21)16-7-3-2-4-8-16)23(29)27-11-12-31-20(14-27)22-24-15-32-26-22/h2-10,13,15,20H,11-12,14H2,1H3. The summed E-state index contributed by atoms with van der Waals surface area (Å²) >= 11 is 0. The maximum Gasteiger partial charge on any atom is 0.257 e. The highest BCUT2D eigenvalue weighted by atomic mass is 16.5. The quantitative estimate of drug-likeness (QED) is 0.479. The molecule has 3 heterocycles. The average Bonchev–Trinajstić information content (AvgIpc) is 3.55. The smallest absolute Gasteiger partial charge is 0.257 e. The molecule has 162 valence electrons.